The molecule has 0 fully saturated rings. The third-order valence-corrected chi connectivity index (χ3v) is 3.97. The number of carbonyl (C=O) groups excluding carboxylic acids is 2. The predicted octanol–water partition coefficient (Wildman–Crippen LogP) is 1.35. The molecule has 2 unspecified atom stereocenters. The Balaban J connectivity index is 2.05. The van der Waals surface area contributed by atoms with Crippen molar-refractivity contribution in [3.05, 3.63) is 46.8 Å². The second-order valence-corrected chi connectivity index (χ2v) is 6.72. The molecule has 2 rings (SSSR count). The molecule has 1 heterocycles. The number of hydrogen-bond donors (Lipinski definition) is 4. The summed E-state index contributed by atoms with van der Waals surface area (Å²) in [4.78, 5) is 24.3. The molecule has 0 aromatic heterocycles. The quantitative estimate of drug-likeness (QED) is 0.655. The summed E-state index contributed by atoms with van der Waals surface area (Å²) < 4.78 is 0. The van der Waals surface area contributed by atoms with Gasteiger partial charge in [-0.25, -0.2) is 0 Å². The van der Waals surface area contributed by atoms with Crippen molar-refractivity contribution >= 4 is 11.8 Å². The normalized spacial score (nSPS) is 18.5. The molecule has 130 valence electrons. The summed E-state index contributed by atoms with van der Waals surface area (Å²) in [5.74, 6) is -0.368. The first-order chi connectivity index (χ1) is 11.3. The summed E-state index contributed by atoms with van der Waals surface area (Å²) in [6.07, 6.45) is 1.78. The molecule has 0 saturated heterocycles. The Hall–Kier alpha value is -2.34. The number of nitrogens with two attached hydrogens (primary N) is 1. The minimum Gasteiger partial charge on any atom is -0.366 e. The molecule has 5 N–H and O–H groups in total. The van der Waals surface area contributed by atoms with Gasteiger partial charge in [-0.15, -0.1) is 0 Å². The fourth-order valence-corrected chi connectivity index (χ4v) is 2.73. The van der Waals surface area contributed by atoms with Crippen molar-refractivity contribution in [3.8, 4) is 0 Å². The monoisotopic (exact) mass is 330 g/mol. The van der Waals surface area contributed by atoms with Crippen LogP contribution in [0.5, 0.6) is 0 Å². The summed E-state index contributed by atoms with van der Waals surface area (Å²) in [5, 5.41) is 8.56. The average Bonchev–Trinajstić information content (AvgIpc) is 2.48. The van der Waals surface area contributed by atoms with Crippen molar-refractivity contribution in [2.24, 2.45) is 11.7 Å². The fourth-order valence-electron chi connectivity index (χ4n) is 2.73. The Bertz CT molecular complexity index is 667. The minimum atomic E-state index is -0.629. The number of benzene rings is 1. The van der Waals surface area contributed by atoms with Crippen molar-refractivity contribution in [1.29, 1.82) is 0 Å². The van der Waals surface area contributed by atoms with E-state index in [0.29, 0.717) is 12.3 Å². The molecule has 0 bridgehead atoms. The Morgan fingerprint density at radius 3 is 2.62 bits per heavy atom. The van der Waals surface area contributed by atoms with Gasteiger partial charge in [-0.05, 0) is 37.3 Å². The SMILES string of the molecule is Cc1ccc(C2NC=C(NC(=O)C(N)CC(C)C)C(=O)N2)c(C)c1. The molecule has 0 saturated carbocycles. The lowest BCUT2D eigenvalue weighted by Gasteiger charge is -2.27. The maximum atomic E-state index is 12.3. The summed E-state index contributed by atoms with van der Waals surface area (Å²) in [6, 6.07) is 5.42. The molecule has 1 aliphatic heterocycles. The minimum absolute atomic E-state index is 0.181. The van der Waals surface area contributed by atoms with Gasteiger partial charge in [-0.1, -0.05) is 37.6 Å². The van der Waals surface area contributed by atoms with Crippen molar-refractivity contribution in [3.63, 3.8) is 0 Å². The molecule has 0 spiro atoms. The van der Waals surface area contributed by atoms with Crippen LogP contribution < -0.4 is 21.7 Å². The van der Waals surface area contributed by atoms with E-state index in [1.54, 1.807) is 0 Å². The van der Waals surface area contributed by atoms with Crippen LogP contribution in [0.4, 0.5) is 0 Å². The molecule has 2 atom stereocenters. The van der Waals surface area contributed by atoms with Crippen LogP contribution in [0.3, 0.4) is 0 Å². The van der Waals surface area contributed by atoms with Gasteiger partial charge in [0.1, 0.15) is 11.9 Å². The number of aryl methyl sites for hydroxylation is 2. The maximum absolute atomic E-state index is 12.3. The molecule has 6 nitrogen and oxygen atoms in total. The summed E-state index contributed by atoms with van der Waals surface area (Å²) in [7, 11) is 0. The van der Waals surface area contributed by atoms with Crippen molar-refractivity contribution in [2.75, 3.05) is 0 Å². The van der Waals surface area contributed by atoms with Gasteiger partial charge in [-0.3, -0.25) is 9.59 Å². The van der Waals surface area contributed by atoms with E-state index in [1.807, 2.05) is 39.8 Å². The second-order valence-electron chi connectivity index (χ2n) is 6.72. The molecule has 1 aromatic rings. The summed E-state index contributed by atoms with van der Waals surface area (Å²) >= 11 is 0. The highest BCUT2D eigenvalue weighted by Gasteiger charge is 2.25. The van der Waals surface area contributed by atoms with Crippen LogP contribution >= 0.6 is 0 Å². The van der Waals surface area contributed by atoms with Gasteiger partial charge in [0, 0.05) is 6.20 Å². The number of hydrogen-bond acceptors (Lipinski definition) is 4. The zero-order chi connectivity index (χ0) is 17.9. The first-order valence-corrected chi connectivity index (χ1v) is 8.18. The van der Waals surface area contributed by atoms with Crippen LogP contribution in [0.15, 0.2) is 30.1 Å². The molecule has 1 aromatic carbocycles. The van der Waals surface area contributed by atoms with Crippen LogP contribution in [0.25, 0.3) is 0 Å². The van der Waals surface area contributed by atoms with Crippen LogP contribution in [-0.4, -0.2) is 17.9 Å². The molecule has 1 aliphatic rings. The van der Waals surface area contributed by atoms with Gasteiger partial charge in [-0.2, -0.15) is 0 Å². The van der Waals surface area contributed by atoms with E-state index in [-0.39, 0.29) is 23.7 Å². The lowest BCUT2D eigenvalue weighted by atomic mass is 10.0. The van der Waals surface area contributed by atoms with Crippen LogP contribution in [0.1, 0.15) is 43.1 Å². The number of rotatable bonds is 5. The van der Waals surface area contributed by atoms with E-state index in [9.17, 15) is 9.59 Å². The van der Waals surface area contributed by atoms with Gasteiger partial charge < -0.3 is 21.7 Å². The number of amides is 2. The first-order valence-electron chi connectivity index (χ1n) is 8.18. The van der Waals surface area contributed by atoms with E-state index in [1.165, 1.54) is 11.8 Å². The number of carbonyl (C=O) groups is 2. The van der Waals surface area contributed by atoms with Gasteiger partial charge in [0.2, 0.25) is 5.91 Å². The van der Waals surface area contributed by atoms with Crippen molar-refractivity contribution < 1.29 is 9.59 Å². The predicted molar refractivity (Wildman–Crippen MR) is 93.6 cm³/mol. The standard InChI is InChI=1S/C18H26N4O2/c1-10(2)7-14(19)17(23)21-15-9-20-16(22-18(15)24)13-6-5-11(3)8-12(13)4/h5-6,8-10,14,16,20H,7,19H2,1-4H3,(H,21,23)(H,22,24). The van der Waals surface area contributed by atoms with Crippen LogP contribution in [0.2, 0.25) is 0 Å². The first kappa shape index (κ1) is 18.0. The zero-order valence-corrected chi connectivity index (χ0v) is 14.6. The Morgan fingerprint density at radius 2 is 2.04 bits per heavy atom. The highest BCUT2D eigenvalue weighted by atomic mass is 16.2. The van der Waals surface area contributed by atoms with Gasteiger partial charge in [0.15, 0.2) is 0 Å². The second kappa shape index (κ2) is 7.49. The molecular weight excluding hydrogens is 304 g/mol. The zero-order valence-electron chi connectivity index (χ0n) is 14.6. The summed E-state index contributed by atoms with van der Waals surface area (Å²) in [5.41, 5.74) is 9.27. The molecular formula is C18H26N4O2. The topological polar surface area (TPSA) is 96.2 Å². The Kier molecular flexibility index (Phi) is 5.62. The molecule has 6 heteroatoms. The van der Waals surface area contributed by atoms with Gasteiger partial charge >= 0.3 is 0 Å². The number of nitrogens with one attached hydrogen (secondary N) is 3. The fraction of sp³-hybridized carbons (Fsp3) is 0.444. The Morgan fingerprint density at radius 1 is 1.33 bits per heavy atom. The Labute approximate surface area is 142 Å². The molecule has 0 radical (unpaired) electrons. The molecule has 2 amide bonds. The third kappa shape index (κ3) is 4.35. The van der Waals surface area contributed by atoms with E-state index in [2.05, 4.69) is 22.0 Å². The lowest BCUT2D eigenvalue weighted by molar-refractivity contribution is -0.125. The molecule has 0 aliphatic carbocycles. The highest BCUT2D eigenvalue weighted by molar-refractivity contribution is 5.99. The van der Waals surface area contributed by atoms with Gasteiger partial charge in [0.25, 0.3) is 5.91 Å². The van der Waals surface area contributed by atoms with E-state index >= 15 is 0 Å². The summed E-state index contributed by atoms with van der Waals surface area (Å²) in [6.45, 7) is 8.02. The van der Waals surface area contributed by atoms with E-state index in [0.717, 1.165) is 11.1 Å². The third-order valence-electron chi connectivity index (χ3n) is 3.97. The van der Waals surface area contributed by atoms with Gasteiger partial charge in [0.05, 0.1) is 6.04 Å². The van der Waals surface area contributed by atoms with E-state index in [4.69, 9.17) is 5.73 Å². The largest absolute Gasteiger partial charge is 0.366 e. The average molecular weight is 330 g/mol. The highest BCUT2D eigenvalue weighted by Crippen LogP contribution is 2.19. The van der Waals surface area contributed by atoms with Crippen LogP contribution in [-0.2, 0) is 9.59 Å². The molecule has 24 heavy (non-hydrogen) atoms. The van der Waals surface area contributed by atoms with Crippen molar-refractivity contribution in [1.82, 2.24) is 16.0 Å². The smallest absolute Gasteiger partial charge is 0.271 e. The van der Waals surface area contributed by atoms with Crippen molar-refractivity contribution in [2.45, 2.75) is 46.3 Å². The maximum Gasteiger partial charge on any atom is 0.271 e. The lowest BCUT2D eigenvalue weighted by Crippen LogP contribution is -2.49. The van der Waals surface area contributed by atoms with Crippen LogP contribution in [0, 0.1) is 19.8 Å². The van der Waals surface area contributed by atoms with E-state index < -0.39 is 6.04 Å².